The summed E-state index contributed by atoms with van der Waals surface area (Å²) in [6.07, 6.45) is 3.07. The first kappa shape index (κ1) is 26.0. The molecule has 1 aliphatic rings. The first-order valence-corrected chi connectivity index (χ1v) is 12.3. The maximum absolute atomic E-state index is 13.9. The third-order valence-electron chi connectivity index (χ3n) is 6.03. The summed E-state index contributed by atoms with van der Waals surface area (Å²) in [5.74, 6) is 0.541. The van der Waals surface area contributed by atoms with E-state index in [0.717, 1.165) is 36.3 Å². The van der Waals surface area contributed by atoms with E-state index in [2.05, 4.69) is 11.5 Å². The van der Waals surface area contributed by atoms with Crippen LogP contribution in [0.2, 0.25) is 0 Å². The molecule has 192 valence electrons. The van der Waals surface area contributed by atoms with Gasteiger partial charge in [0.2, 0.25) is 5.88 Å². The van der Waals surface area contributed by atoms with E-state index in [1.165, 1.54) is 12.1 Å². The Morgan fingerprint density at radius 2 is 2.11 bits per heavy atom. The minimum Gasteiger partial charge on any atom is -0.439 e. The summed E-state index contributed by atoms with van der Waals surface area (Å²) in [5.41, 5.74) is 2.58. The number of rotatable bonds is 13. The molecule has 0 unspecified atom stereocenters. The van der Waals surface area contributed by atoms with Crippen LogP contribution in [0.5, 0.6) is 11.6 Å². The number of benzene rings is 2. The number of ether oxygens (including phenoxy) is 3. The van der Waals surface area contributed by atoms with Gasteiger partial charge in [-0.2, -0.15) is 5.10 Å². The van der Waals surface area contributed by atoms with Crippen molar-refractivity contribution in [1.82, 2.24) is 14.7 Å². The summed E-state index contributed by atoms with van der Waals surface area (Å²) < 4.78 is 33.1. The molecule has 2 aromatic carbocycles. The second kappa shape index (κ2) is 12.8. The number of aliphatic hydroxyl groups is 1. The van der Waals surface area contributed by atoms with E-state index in [4.69, 9.17) is 19.3 Å². The van der Waals surface area contributed by atoms with Crippen molar-refractivity contribution in [3.8, 4) is 22.9 Å². The average molecular weight is 496 g/mol. The van der Waals surface area contributed by atoms with Crippen LogP contribution in [0.4, 0.5) is 4.39 Å². The van der Waals surface area contributed by atoms with E-state index >= 15 is 0 Å². The van der Waals surface area contributed by atoms with Crippen molar-refractivity contribution < 1.29 is 23.7 Å². The van der Waals surface area contributed by atoms with Crippen LogP contribution >= 0.6 is 0 Å². The van der Waals surface area contributed by atoms with E-state index < -0.39 is 6.10 Å². The van der Waals surface area contributed by atoms with Gasteiger partial charge < -0.3 is 19.3 Å². The lowest BCUT2D eigenvalue weighted by Crippen LogP contribution is -2.39. The van der Waals surface area contributed by atoms with Gasteiger partial charge in [0.15, 0.2) is 0 Å². The Kier molecular flexibility index (Phi) is 9.24. The SMILES string of the molecule is C=CCOC[C@@H](O)CN(Cc1c(-c2ccccc2)nn(C)c1Oc1cccc(F)c1)C[C@H]1CCCO1. The predicted octanol–water partition coefficient (Wildman–Crippen LogP) is 4.56. The Morgan fingerprint density at radius 1 is 1.28 bits per heavy atom. The molecule has 3 aromatic rings. The van der Waals surface area contributed by atoms with Crippen molar-refractivity contribution in [2.75, 3.05) is 32.9 Å². The third-order valence-corrected chi connectivity index (χ3v) is 6.03. The van der Waals surface area contributed by atoms with E-state index in [-0.39, 0.29) is 18.5 Å². The Labute approximate surface area is 211 Å². The summed E-state index contributed by atoms with van der Waals surface area (Å²) in [6.45, 7) is 6.50. The maximum Gasteiger partial charge on any atom is 0.222 e. The molecule has 1 saturated heterocycles. The van der Waals surface area contributed by atoms with Crippen LogP contribution in [-0.4, -0.2) is 64.9 Å². The molecule has 2 atom stereocenters. The standard InChI is InChI=1S/C28H34FN3O4/c1-3-14-34-20-23(33)17-32(18-25-13-8-15-35-25)19-26-27(21-9-5-4-6-10-21)30-31(2)28(26)36-24-12-7-11-22(29)16-24/h3-7,9-12,16,23,25,33H,1,8,13-15,17-20H2,2H3/t23-,25+/m0/s1. The molecule has 36 heavy (non-hydrogen) atoms. The van der Waals surface area contributed by atoms with Crippen molar-refractivity contribution in [2.45, 2.75) is 31.6 Å². The molecular weight excluding hydrogens is 461 g/mol. The fraction of sp³-hybridized carbons (Fsp3) is 0.393. The molecule has 0 spiro atoms. The van der Waals surface area contributed by atoms with E-state index in [9.17, 15) is 9.50 Å². The Balaban J connectivity index is 1.65. The van der Waals surface area contributed by atoms with Gasteiger partial charge in [-0.15, -0.1) is 6.58 Å². The summed E-state index contributed by atoms with van der Waals surface area (Å²) in [5, 5.41) is 15.5. The number of aromatic nitrogens is 2. The monoisotopic (exact) mass is 495 g/mol. The molecular formula is C28H34FN3O4. The first-order valence-electron chi connectivity index (χ1n) is 12.3. The minimum absolute atomic E-state index is 0.0933. The molecule has 4 rings (SSSR count). The second-order valence-corrected chi connectivity index (χ2v) is 8.99. The van der Waals surface area contributed by atoms with Crippen LogP contribution in [0.1, 0.15) is 18.4 Å². The molecule has 1 aliphatic heterocycles. The summed E-state index contributed by atoms with van der Waals surface area (Å²) in [6, 6.07) is 15.9. The zero-order valence-corrected chi connectivity index (χ0v) is 20.7. The maximum atomic E-state index is 13.9. The van der Waals surface area contributed by atoms with Crippen molar-refractivity contribution in [2.24, 2.45) is 7.05 Å². The molecule has 2 heterocycles. The molecule has 8 heteroatoms. The van der Waals surface area contributed by atoms with Crippen LogP contribution in [0.15, 0.2) is 67.3 Å². The van der Waals surface area contributed by atoms with Gasteiger partial charge >= 0.3 is 0 Å². The van der Waals surface area contributed by atoms with E-state index in [0.29, 0.717) is 37.9 Å². The fourth-order valence-corrected chi connectivity index (χ4v) is 4.43. The minimum atomic E-state index is -0.684. The van der Waals surface area contributed by atoms with Gasteiger partial charge in [-0.25, -0.2) is 9.07 Å². The number of hydrogen-bond donors (Lipinski definition) is 1. The van der Waals surface area contributed by atoms with Gasteiger partial charge in [-0.05, 0) is 25.0 Å². The van der Waals surface area contributed by atoms with Crippen LogP contribution in [0.3, 0.4) is 0 Å². The highest BCUT2D eigenvalue weighted by atomic mass is 19.1. The molecule has 0 radical (unpaired) electrons. The van der Waals surface area contributed by atoms with E-state index in [1.807, 2.05) is 37.4 Å². The second-order valence-electron chi connectivity index (χ2n) is 8.99. The summed E-state index contributed by atoms with van der Waals surface area (Å²) in [7, 11) is 1.81. The number of aryl methyl sites for hydroxylation is 1. The quantitative estimate of drug-likeness (QED) is 0.277. The van der Waals surface area contributed by atoms with Crippen molar-refractivity contribution in [1.29, 1.82) is 0 Å². The van der Waals surface area contributed by atoms with Gasteiger partial charge in [-0.1, -0.05) is 42.5 Å². The smallest absolute Gasteiger partial charge is 0.222 e. The lowest BCUT2D eigenvalue weighted by Gasteiger charge is -2.27. The lowest BCUT2D eigenvalue weighted by molar-refractivity contribution is 0.00844. The molecule has 1 fully saturated rings. The predicted molar refractivity (Wildman–Crippen MR) is 136 cm³/mol. The molecule has 0 bridgehead atoms. The Bertz CT molecular complexity index is 1120. The van der Waals surface area contributed by atoms with E-state index in [1.54, 1.807) is 22.9 Å². The molecule has 0 amide bonds. The Morgan fingerprint density at radius 3 is 2.83 bits per heavy atom. The van der Waals surface area contributed by atoms with Gasteiger partial charge in [0, 0.05) is 44.9 Å². The summed E-state index contributed by atoms with van der Waals surface area (Å²) >= 11 is 0. The average Bonchev–Trinajstić information content (AvgIpc) is 3.48. The van der Waals surface area contributed by atoms with Gasteiger partial charge in [-0.3, -0.25) is 4.90 Å². The van der Waals surface area contributed by atoms with Crippen LogP contribution in [0.25, 0.3) is 11.3 Å². The molecule has 0 aliphatic carbocycles. The highest BCUT2D eigenvalue weighted by Crippen LogP contribution is 2.34. The largest absolute Gasteiger partial charge is 0.439 e. The molecule has 1 N–H and O–H groups in total. The van der Waals surface area contributed by atoms with Gasteiger partial charge in [0.25, 0.3) is 0 Å². The van der Waals surface area contributed by atoms with Gasteiger partial charge in [0.1, 0.15) is 17.3 Å². The van der Waals surface area contributed by atoms with Crippen molar-refractivity contribution in [3.05, 3.63) is 78.6 Å². The molecule has 7 nitrogen and oxygen atoms in total. The topological polar surface area (TPSA) is 69.0 Å². The van der Waals surface area contributed by atoms with Crippen LogP contribution in [-0.2, 0) is 23.1 Å². The van der Waals surface area contributed by atoms with Crippen molar-refractivity contribution >= 4 is 0 Å². The molecule has 1 aromatic heterocycles. The normalized spacial score (nSPS) is 16.4. The number of halogens is 1. The van der Waals surface area contributed by atoms with Crippen LogP contribution < -0.4 is 4.74 Å². The first-order chi connectivity index (χ1) is 17.5. The van der Waals surface area contributed by atoms with Gasteiger partial charge in [0.05, 0.1) is 31.0 Å². The fourth-order valence-electron chi connectivity index (χ4n) is 4.43. The molecule has 0 saturated carbocycles. The number of aliphatic hydroxyl groups excluding tert-OH is 1. The Hall–Kier alpha value is -3.04. The third kappa shape index (κ3) is 7.01. The summed E-state index contributed by atoms with van der Waals surface area (Å²) in [4.78, 5) is 2.15. The highest BCUT2D eigenvalue weighted by Gasteiger charge is 2.26. The van der Waals surface area contributed by atoms with Crippen molar-refractivity contribution in [3.63, 3.8) is 0 Å². The number of hydrogen-bond acceptors (Lipinski definition) is 6. The highest BCUT2D eigenvalue weighted by molar-refractivity contribution is 5.65. The zero-order valence-electron chi connectivity index (χ0n) is 20.7. The number of nitrogens with zero attached hydrogens (tertiary/aromatic N) is 3. The zero-order chi connectivity index (χ0) is 25.3. The lowest BCUT2D eigenvalue weighted by atomic mass is 10.1. The van der Waals surface area contributed by atoms with Crippen LogP contribution in [0, 0.1) is 5.82 Å².